The first-order valence-electron chi connectivity index (χ1n) is 11.3. The molecule has 0 saturated heterocycles. The quantitative estimate of drug-likeness (QED) is 0.486. The van der Waals surface area contributed by atoms with E-state index in [1.165, 1.54) is 11.0 Å². The number of hydrogen-bond acceptors (Lipinski definition) is 2. The lowest BCUT2D eigenvalue weighted by atomic mass is 9.88. The molecule has 3 aromatic carbocycles. The molecule has 0 radical (unpaired) electrons. The SMILES string of the molecule is CC(C)NC(=O)[C@@H](C)N(Cc1ccccc1F)C(=O)CC(c1ccccc1)c1ccccc1. The maximum atomic E-state index is 14.4. The summed E-state index contributed by atoms with van der Waals surface area (Å²) in [5, 5.41) is 2.87. The van der Waals surface area contributed by atoms with E-state index >= 15 is 0 Å². The van der Waals surface area contributed by atoms with Gasteiger partial charge in [0.05, 0.1) is 0 Å². The molecule has 0 aliphatic heterocycles. The number of hydrogen-bond donors (Lipinski definition) is 1. The van der Waals surface area contributed by atoms with Crippen LogP contribution in [0.15, 0.2) is 84.9 Å². The minimum absolute atomic E-state index is 0.0223. The van der Waals surface area contributed by atoms with E-state index in [1.54, 1.807) is 25.1 Å². The van der Waals surface area contributed by atoms with Crippen LogP contribution in [0.3, 0.4) is 0 Å². The Kier molecular flexibility index (Phi) is 8.36. The number of amides is 2. The lowest BCUT2D eigenvalue weighted by Gasteiger charge is -2.31. The molecule has 3 aromatic rings. The van der Waals surface area contributed by atoms with Gasteiger partial charge in [0.1, 0.15) is 11.9 Å². The zero-order chi connectivity index (χ0) is 23.8. The maximum Gasteiger partial charge on any atom is 0.242 e. The molecule has 1 N–H and O–H groups in total. The Hall–Kier alpha value is -3.47. The Morgan fingerprint density at radius 2 is 1.33 bits per heavy atom. The van der Waals surface area contributed by atoms with Crippen LogP contribution < -0.4 is 5.32 Å². The van der Waals surface area contributed by atoms with E-state index in [0.717, 1.165) is 11.1 Å². The van der Waals surface area contributed by atoms with Crippen molar-refractivity contribution in [1.29, 1.82) is 0 Å². The van der Waals surface area contributed by atoms with Gasteiger partial charge in [0.15, 0.2) is 0 Å². The van der Waals surface area contributed by atoms with Crippen molar-refractivity contribution in [2.45, 2.75) is 51.7 Å². The van der Waals surface area contributed by atoms with Gasteiger partial charge < -0.3 is 10.2 Å². The highest BCUT2D eigenvalue weighted by molar-refractivity contribution is 5.88. The number of halogens is 1. The second kappa shape index (κ2) is 11.4. The fourth-order valence-corrected chi connectivity index (χ4v) is 3.89. The molecule has 0 saturated carbocycles. The van der Waals surface area contributed by atoms with Crippen LogP contribution in [-0.2, 0) is 16.1 Å². The summed E-state index contributed by atoms with van der Waals surface area (Å²) in [6, 6.07) is 25.2. The van der Waals surface area contributed by atoms with E-state index in [1.807, 2.05) is 74.5 Å². The van der Waals surface area contributed by atoms with Gasteiger partial charge in [-0.05, 0) is 38.0 Å². The molecule has 5 heteroatoms. The van der Waals surface area contributed by atoms with Crippen molar-refractivity contribution in [3.8, 4) is 0 Å². The fourth-order valence-electron chi connectivity index (χ4n) is 3.89. The molecular formula is C28H31FN2O2. The molecule has 2 amide bonds. The van der Waals surface area contributed by atoms with Crippen molar-refractivity contribution in [3.63, 3.8) is 0 Å². The van der Waals surface area contributed by atoms with Gasteiger partial charge in [-0.1, -0.05) is 78.9 Å². The molecule has 172 valence electrons. The molecule has 0 aromatic heterocycles. The monoisotopic (exact) mass is 446 g/mol. The third-order valence-corrected chi connectivity index (χ3v) is 5.68. The van der Waals surface area contributed by atoms with Gasteiger partial charge in [-0.15, -0.1) is 0 Å². The van der Waals surface area contributed by atoms with Crippen LogP contribution >= 0.6 is 0 Å². The largest absolute Gasteiger partial charge is 0.352 e. The molecule has 0 heterocycles. The van der Waals surface area contributed by atoms with E-state index in [-0.39, 0.29) is 36.7 Å². The molecule has 0 fully saturated rings. The normalized spacial score (nSPS) is 11.9. The average molecular weight is 447 g/mol. The van der Waals surface area contributed by atoms with E-state index in [4.69, 9.17) is 0 Å². The molecule has 0 aliphatic rings. The van der Waals surface area contributed by atoms with Crippen molar-refractivity contribution in [1.82, 2.24) is 10.2 Å². The number of nitrogens with zero attached hydrogens (tertiary/aromatic N) is 1. The zero-order valence-corrected chi connectivity index (χ0v) is 19.4. The molecule has 4 nitrogen and oxygen atoms in total. The van der Waals surface area contributed by atoms with Crippen molar-refractivity contribution < 1.29 is 14.0 Å². The third-order valence-electron chi connectivity index (χ3n) is 5.68. The van der Waals surface area contributed by atoms with Crippen LogP contribution in [0.5, 0.6) is 0 Å². The lowest BCUT2D eigenvalue weighted by molar-refractivity contribution is -0.141. The van der Waals surface area contributed by atoms with Crippen molar-refractivity contribution in [2.24, 2.45) is 0 Å². The third kappa shape index (κ3) is 6.51. The zero-order valence-electron chi connectivity index (χ0n) is 19.4. The minimum Gasteiger partial charge on any atom is -0.352 e. The topological polar surface area (TPSA) is 49.4 Å². The Morgan fingerprint density at radius 3 is 1.85 bits per heavy atom. The highest BCUT2D eigenvalue weighted by atomic mass is 19.1. The van der Waals surface area contributed by atoms with Crippen molar-refractivity contribution >= 4 is 11.8 Å². The van der Waals surface area contributed by atoms with Crippen LogP contribution in [0, 0.1) is 5.82 Å². The lowest BCUT2D eigenvalue weighted by Crippen LogP contribution is -2.49. The first-order chi connectivity index (χ1) is 15.9. The summed E-state index contributed by atoms with van der Waals surface area (Å²) in [5.41, 5.74) is 2.41. The Balaban J connectivity index is 1.93. The number of carbonyl (C=O) groups is 2. The standard InChI is InChI=1S/C28H31FN2O2/c1-20(2)30-28(33)21(3)31(19-24-16-10-11-17-26(24)29)27(32)18-25(22-12-6-4-7-13-22)23-14-8-5-9-15-23/h4-17,20-21,25H,18-19H2,1-3H3,(H,30,33)/t21-/m1/s1. The maximum absolute atomic E-state index is 14.4. The average Bonchev–Trinajstić information content (AvgIpc) is 2.82. The fraction of sp³-hybridized carbons (Fsp3) is 0.286. The van der Waals surface area contributed by atoms with Gasteiger partial charge >= 0.3 is 0 Å². The first-order valence-corrected chi connectivity index (χ1v) is 11.3. The van der Waals surface area contributed by atoms with Crippen LogP contribution in [0.1, 0.15) is 49.8 Å². The van der Waals surface area contributed by atoms with E-state index in [2.05, 4.69) is 5.32 Å². The van der Waals surface area contributed by atoms with E-state index in [9.17, 15) is 14.0 Å². The Bertz CT molecular complexity index is 1010. The summed E-state index contributed by atoms with van der Waals surface area (Å²) in [7, 11) is 0. The summed E-state index contributed by atoms with van der Waals surface area (Å²) in [4.78, 5) is 28.0. The number of nitrogens with one attached hydrogen (secondary N) is 1. The van der Waals surface area contributed by atoms with Crippen LogP contribution in [0.4, 0.5) is 4.39 Å². The number of carbonyl (C=O) groups excluding carboxylic acids is 2. The minimum atomic E-state index is -0.744. The summed E-state index contributed by atoms with van der Waals surface area (Å²) in [6.45, 7) is 5.45. The highest BCUT2D eigenvalue weighted by Crippen LogP contribution is 2.29. The molecule has 0 unspecified atom stereocenters. The molecule has 33 heavy (non-hydrogen) atoms. The number of benzene rings is 3. The predicted octanol–water partition coefficient (Wildman–Crippen LogP) is 5.29. The Labute approximate surface area is 195 Å². The van der Waals surface area contributed by atoms with Gasteiger partial charge in [-0.25, -0.2) is 4.39 Å². The Morgan fingerprint density at radius 1 is 0.818 bits per heavy atom. The summed E-state index contributed by atoms with van der Waals surface area (Å²) < 4.78 is 14.4. The molecule has 0 spiro atoms. The second-order valence-corrected chi connectivity index (χ2v) is 8.53. The van der Waals surface area contributed by atoms with Gasteiger partial charge in [0.2, 0.25) is 11.8 Å². The van der Waals surface area contributed by atoms with Gasteiger partial charge in [-0.2, -0.15) is 0 Å². The van der Waals surface area contributed by atoms with Gasteiger partial charge in [-0.3, -0.25) is 9.59 Å². The van der Waals surface area contributed by atoms with Crippen molar-refractivity contribution in [3.05, 3.63) is 107 Å². The van der Waals surface area contributed by atoms with Gasteiger partial charge in [0.25, 0.3) is 0 Å². The first kappa shape index (κ1) is 24.2. The summed E-state index contributed by atoms with van der Waals surface area (Å²) in [5.74, 6) is -1.04. The van der Waals surface area contributed by atoms with Gasteiger partial charge in [0, 0.05) is 30.5 Å². The highest BCUT2D eigenvalue weighted by Gasteiger charge is 2.29. The van der Waals surface area contributed by atoms with E-state index < -0.39 is 11.9 Å². The molecule has 0 bridgehead atoms. The summed E-state index contributed by atoms with van der Waals surface area (Å²) >= 11 is 0. The van der Waals surface area contributed by atoms with Crippen molar-refractivity contribution in [2.75, 3.05) is 0 Å². The summed E-state index contributed by atoms with van der Waals surface area (Å²) in [6.07, 6.45) is 0.168. The molecule has 1 atom stereocenters. The molecule has 3 rings (SSSR count). The molecule has 0 aliphatic carbocycles. The van der Waals surface area contributed by atoms with Crippen LogP contribution in [-0.4, -0.2) is 28.8 Å². The smallest absolute Gasteiger partial charge is 0.242 e. The second-order valence-electron chi connectivity index (χ2n) is 8.53. The molecular weight excluding hydrogens is 415 g/mol. The van der Waals surface area contributed by atoms with Crippen LogP contribution in [0.2, 0.25) is 0 Å². The predicted molar refractivity (Wildman–Crippen MR) is 129 cm³/mol. The van der Waals surface area contributed by atoms with E-state index in [0.29, 0.717) is 5.56 Å². The van der Waals surface area contributed by atoms with Crippen LogP contribution in [0.25, 0.3) is 0 Å². The number of rotatable bonds is 9.